The number of hydrogen-bond donors (Lipinski definition) is 2. The van der Waals surface area contributed by atoms with Crippen LogP contribution in [0.25, 0.3) is 11.0 Å². The molecule has 0 spiro atoms. The van der Waals surface area contributed by atoms with Gasteiger partial charge in [0.25, 0.3) is 0 Å². The van der Waals surface area contributed by atoms with Gasteiger partial charge in [0, 0.05) is 18.7 Å². The third-order valence-electron chi connectivity index (χ3n) is 3.39. The number of H-pyrrole nitrogens is 1. The van der Waals surface area contributed by atoms with E-state index in [-0.39, 0.29) is 11.6 Å². The van der Waals surface area contributed by atoms with Crippen molar-refractivity contribution < 1.29 is 4.79 Å². The number of aromatic nitrogens is 4. The van der Waals surface area contributed by atoms with Crippen LogP contribution in [-0.2, 0) is 0 Å². The number of fused-ring (bicyclic) bond motifs is 1. The van der Waals surface area contributed by atoms with Crippen molar-refractivity contribution in [1.29, 1.82) is 0 Å². The first-order chi connectivity index (χ1) is 11.1. The van der Waals surface area contributed by atoms with Gasteiger partial charge in [-0.05, 0) is 14.1 Å². The molecule has 0 aliphatic rings. The minimum absolute atomic E-state index is 0.164. The Morgan fingerprint density at radius 3 is 2.74 bits per heavy atom. The van der Waals surface area contributed by atoms with Crippen molar-refractivity contribution in [2.24, 2.45) is 0 Å². The molecule has 0 unspecified atom stereocenters. The van der Waals surface area contributed by atoms with Crippen LogP contribution in [0.15, 0.2) is 36.5 Å². The molecule has 0 bridgehead atoms. The number of carbonyl (C=O) groups excluding carboxylic acids is 1. The number of ketones is 1. The lowest BCUT2D eigenvalue weighted by molar-refractivity contribution is 0.103. The summed E-state index contributed by atoms with van der Waals surface area (Å²) in [5, 5.41) is 10.1. The molecule has 2 heterocycles. The van der Waals surface area contributed by atoms with Gasteiger partial charge in [0.1, 0.15) is 11.0 Å². The molecule has 1 aromatic carbocycles. The second-order valence-electron chi connectivity index (χ2n) is 5.45. The van der Waals surface area contributed by atoms with Gasteiger partial charge in [-0.25, -0.2) is 9.97 Å². The average molecular weight is 310 g/mol. The Hall–Kier alpha value is -2.80. The number of nitrogens with one attached hydrogen (secondary N) is 2. The van der Waals surface area contributed by atoms with Gasteiger partial charge >= 0.3 is 0 Å². The number of rotatable bonds is 6. The summed E-state index contributed by atoms with van der Waals surface area (Å²) < 4.78 is 0. The van der Waals surface area contributed by atoms with Crippen LogP contribution in [0.1, 0.15) is 16.2 Å². The van der Waals surface area contributed by atoms with Crippen LogP contribution >= 0.6 is 0 Å². The Labute approximate surface area is 133 Å². The number of hydrogen-bond acceptors (Lipinski definition) is 6. The smallest absolute Gasteiger partial charge is 0.230 e. The Bertz CT molecular complexity index is 812. The van der Waals surface area contributed by atoms with Gasteiger partial charge in [-0.1, -0.05) is 30.3 Å². The Morgan fingerprint density at radius 1 is 1.22 bits per heavy atom. The van der Waals surface area contributed by atoms with Gasteiger partial charge in [0.15, 0.2) is 5.82 Å². The predicted molar refractivity (Wildman–Crippen MR) is 88.6 cm³/mol. The first-order valence-corrected chi connectivity index (χ1v) is 7.34. The second kappa shape index (κ2) is 6.53. The minimum Gasteiger partial charge on any atom is -0.367 e. The van der Waals surface area contributed by atoms with E-state index in [9.17, 15) is 4.79 Å². The predicted octanol–water partition coefficient (Wildman–Crippen LogP) is 1.56. The van der Waals surface area contributed by atoms with E-state index in [0.717, 1.165) is 6.54 Å². The fourth-order valence-corrected chi connectivity index (χ4v) is 2.19. The number of aromatic amines is 1. The maximum atomic E-state index is 12.6. The summed E-state index contributed by atoms with van der Waals surface area (Å²) in [7, 11) is 4.00. The fraction of sp³-hybridized carbons (Fsp3) is 0.250. The molecule has 118 valence electrons. The van der Waals surface area contributed by atoms with E-state index < -0.39 is 0 Å². The SMILES string of the molecule is CN(C)CCNc1nc(C(=O)c2ccccc2)nc2cn[nH]c12. The Morgan fingerprint density at radius 2 is 2.00 bits per heavy atom. The van der Waals surface area contributed by atoms with Crippen LogP contribution in [-0.4, -0.2) is 58.0 Å². The van der Waals surface area contributed by atoms with Crippen molar-refractivity contribution in [3.8, 4) is 0 Å². The zero-order valence-electron chi connectivity index (χ0n) is 13.1. The monoisotopic (exact) mass is 310 g/mol. The molecular formula is C16H18N6O. The minimum atomic E-state index is -0.204. The fourth-order valence-electron chi connectivity index (χ4n) is 2.19. The van der Waals surface area contributed by atoms with Crippen LogP contribution in [0.2, 0.25) is 0 Å². The van der Waals surface area contributed by atoms with E-state index in [4.69, 9.17) is 0 Å². The van der Waals surface area contributed by atoms with Crippen molar-refractivity contribution in [2.45, 2.75) is 0 Å². The lowest BCUT2D eigenvalue weighted by Gasteiger charge is -2.11. The summed E-state index contributed by atoms with van der Waals surface area (Å²) in [6.45, 7) is 1.55. The van der Waals surface area contributed by atoms with Gasteiger partial charge < -0.3 is 10.2 Å². The van der Waals surface area contributed by atoms with Crippen molar-refractivity contribution >= 4 is 22.6 Å². The Balaban J connectivity index is 1.93. The van der Waals surface area contributed by atoms with Gasteiger partial charge in [0.05, 0.1) is 6.20 Å². The molecule has 7 heteroatoms. The molecular weight excluding hydrogens is 292 g/mol. The van der Waals surface area contributed by atoms with Crippen LogP contribution in [0.4, 0.5) is 5.82 Å². The lowest BCUT2D eigenvalue weighted by atomic mass is 10.1. The number of nitrogens with zero attached hydrogens (tertiary/aromatic N) is 4. The van der Waals surface area contributed by atoms with Crippen molar-refractivity contribution in [3.63, 3.8) is 0 Å². The average Bonchev–Trinajstić information content (AvgIpc) is 3.03. The molecule has 2 N–H and O–H groups in total. The number of carbonyl (C=O) groups is 1. The summed E-state index contributed by atoms with van der Waals surface area (Å²) >= 11 is 0. The van der Waals surface area contributed by atoms with Gasteiger partial charge in [-0.15, -0.1) is 0 Å². The van der Waals surface area contributed by atoms with E-state index in [1.807, 2.05) is 32.3 Å². The molecule has 23 heavy (non-hydrogen) atoms. The third-order valence-corrected chi connectivity index (χ3v) is 3.39. The standard InChI is InChI=1S/C16H18N6O/c1-22(2)9-8-17-15-13-12(10-18-21-13)19-16(20-15)14(23)11-6-4-3-5-7-11/h3-7,10H,8-9H2,1-2H3,(H,18,21)(H,17,19,20). The Kier molecular flexibility index (Phi) is 4.29. The van der Waals surface area contributed by atoms with Crippen LogP contribution < -0.4 is 5.32 Å². The van der Waals surface area contributed by atoms with Crippen LogP contribution in [0, 0.1) is 0 Å². The molecule has 0 radical (unpaired) electrons. The summed E-state index contributed by atoms with van der Waals surface area (Å²) in [5.41, 5.74) is 1.88. The van der Waals surface area contributed by atoms with E-state index in [2.05, 4.69) is 30.4 Å². The summed E-state index contributed by atoms with van der Waals surface area (Å²) in [6.07, 6.45) is 1.59. The molecule has 0 saturated carbocycles. The van der Waals surface area contributed by atoms with E-state index >= 15 is 0 Å². The largest absolute Gasteiger partial charge is 0.367 e. The van der Waals surface area contributed by atoms with Crippen molar-refractivity contribution in [3.05, 3.63) is 47.9 Å². The highest BCUT2D eigenvalue weighted by Gasteiger charge is 2.16. The molecule has 0 saturated heterocycles. The highest BCUT2D eigenvalue weighted by atomic mass is 16.1. The zero-order chi connectivity index (χ0) is 16.2. The topological polar surface area (TPSA) is 86.8 Å². The zero-order valence-corrected chi connectivity index (χ0v) is 13.1. The maximum Gasteiger partial charge on any atom is 0.230 e. The number of likely N-dealkylation sites (N-methyl/N-ethyl adjacent to an activating group) is 1. The summed E-state index contributed by atoms with van der Waals surface area (Å²) in [5.74, 6) is 0.551. The maximum absolute atomic E-state index is 12.6. The molecule has 3 rings (SSSR count). The normalized spacial score (nSPS) is 11.1. The molecule has 0 aliphatic carbocycles. The molecule has 0 atom stereocenters. The highest BCUT2D eigenvalue weighted by Crippen LogP contribution is 2.18. The van der Waals surface area contributed by atoms with Crippen LogP contribution in [0.3, 0.4) is 0 Å². The molecule has 0 fully saturated rings. The first kappa shape index (κ1) is 15.1. The summed E-state index contributed by atoms with van der Waals surface area (Å²) in [6, 6.07) is 9.01. The van der Waals surface area contributed by atoms with Crippen molar-refractivity contribution in [2.75, 3.05) is 32.5 Å². The number of anilines is 1. The van der Waals surface area contributed by atoms with Crippen molar-refractivity contribution in [1.82, 2.24) is 25.1 Å². The van der Waals surface area contributed by atoms with Gasteiger partial charge in [-0.3, -0.25) is 9.89 Å². The highest BCUT2D eigenvalue weighted by molar-refractivity contribution is 6.07. The molecule has 2 aromatic heterocycles. The van der Waals surface area contributed by atoms with E-state index in [0.29, 0.717) is 29.0 Å². The molecule has 7 nitrogen and oxygen atoms in total. The molecule has 3 aromatic rings. The first-order valence-electron chi connectivity index (χ1n) is 7.34. The van der Waals surface area contributed by atoms with E-state index in [1.54, 1.807) is 18.3 Å². The van der Waals surface area contributed by atoms with Gasteiger partial charge in [-0.2, -0.15) is 5.10 Å². The van der Waals surface area contributed by atoms with Gasteiger partial charge in [0.2, 0.25) is 11.6 Å². The second-order valence-corrected chi connectivity index (χ2v) is 5.45. The lowest BCUT2D eigenvalue weighted by Crippen LogP contribution is -2.21. The summed E-state index contributed by atoms with van der Waals surface area (Å²) in [4.78, 5) is 23.3. The molecule has 0 aliphatic heterocycles. The quantitative estimate of drug-likeness (QED) is 0.672. The molecule has 0 amide bonds. The van der Waals surface area contributed by atoms with Crippen LogP contribution in [0.5, 0.6) is 0 Å². The number of benzene rings is 1. The van der Waals surface area contributed by atoms with E-state index in [1.165, 1.54) is 0 Å². The third kappa shape index (κ3) is 3.35.